The van der Waals surface area contributed by atoms with Gasteiger partial charge >= 0.3 is 0 Å². The van der Waals surface area contributed by atoms with Gasteiger partial charge in [-0.2, -0.15) is 4.98 Å². The number of phenols is 1. The second-order valence-corrected chi connectivity index (χ2v) is 4.04. The topological polar surface area (TPSA) is 85.7 Å². The molecule has 3 aromatic rings. The van der Waals surface area contributed by atoms with Gasteiger partial charge < -0.3 is 15.6 Å². The average molecular weight is 256 g/mol. The summed E-state index contributed by atoms with van der Waals surface area (Å²) in [5, 5.41) is 13.7. The molecule has 3 rings (SSSR count). The monoisotopic (exact) mass is 256 g/mol. The molecular weight excluding hydrogens is 244 g/mol. The van der Waals surface area contributed by atoms with Gasteiger partial charge in [-0.25, -0.2) is 4.52 Å². The van der Waals surface area contributed by atoms with Crippen LogP contribution in [-0.2, 0) is 0 Å². The molecule has 0 aliphatic rings. The molecule has 2 heterocycles. The van der Waals surface area contributed by atoms with Crippen molar-refractivity contribution in [1.82, 2.24) is 14.6 Å². The number of ether oxygens (including phenoxy) is 1. The Labute approximate surface area is 109 Å². The first-order chi connectivity index (χ1) is 9.19. The molecule has 0 fully saturated rings. The minimum absolute atomic E-state index is 0.172. The summed E-state index contributed by atoms with van der Waals surface area (Å²) < 4.78 is 6.83. The molecule has 0 aliphatic carbocycles. The predicted octanol–water partition coefficient (Wildman–Crippen LogP) is 1.69. The quantitative estimate of drug-likeness (QED) is 0.728. The lowest BCUT2D eigenvalue weighted by Crippen LogP contribution is -1.97. The van der Waals surface area contributed by atoms with E-state index >= 15 is 0 Å². The Kier molecular flexibility index (Phi) is 2.49. The SMILES string of the molecule is COc1ccc(-c2cccc(O)c2)n2nc(N)nc12. The van der Waals surface area contributed by atoms with E-state index in [1.165, 1.54) is 0 Å². The summed E-state index contributed by atoms with van der Waals surface area (Å²) in [4.78, 5) is 4.13. The zero-order valence-corrected chi connectivity index (χ0v) is 10.2. The molecule has 0 saturated heterocycles. The highest BCUT2D eigenvalue weighted by Crippen LogP contribution is 2.28. The summed E-state index contributed by atoms with van der Waals surface area (Å²) in [7, 11) is 1.56. The summed E-state index contributed by atoms with van der Waals surface area (Å²) in [6.07, 6.45) is 0. The Balaban J connectivity index is 2.30. The van der Waals surface area contributed by atoms with Crippen LogP contribution in [0.25, 0.3) is 16.9 Å². The van der Waals surface area contributed by atoms with Crippen molar-refractivity contribution in [1.29, 1.82) is 0 Å². The Morgan fingerprint density at radius 2 is 2.11 bits per heavy atom. The van der Waals surface area contributed by atoms with Crippen molar-refractivity contribution in [3.63, 3.8) is 0 Å². The predicted molar refractivity (Wildman–Crippen MR) is 71.1 cm³/mol. The number of nitrogens with two attached hydrogens (primary N) is 1. The van der Waals surface area contributed by atoms with Crippen molar-refractivity contribution < 1.29 is 9.84 Å². The number of aromatic nitrogens is 3. The number of methoxy groups -OCH3 is 1. The number of fused-ring (bicyclic) bond motifs is 1. The second-order valence-electron chi connectivity index (χ2n) is 4.04. The van der Waals surface area contributed by atoms with E-state index in [1.807, 2.05) is 12.1 Å². The first-order valence-electron chi connectivity index (χ1n) is 5.67. The second kappa shape index (κ2) is 4.16. The third-order valence-corrected chi connectivity index (χ3v) is 2.83. The Hall–Kier alpha value is -2.76. The summed E-state index contributed by atoms with van der Waals surface area (Å²) in [5.41, 5.74) is 7.78. The molecule has 2 aromatic heterocycles. The van der Waals surface area contributed by atoms with E-state index < -0.39 is 0 Å². The highest BCUT2D eigenvalue weighted by molar-refractivity contribution is 5.68. The maximum Gasteiger partial charge on any atom is 0.240 e. The van der Waals surface area contributed by atoms with E-state index in [0.29, 0.717) is 11.4 Å². The van der Waals surface area contributed by atoms with Gasteiger partial charge in [-0.1, -0.05) is 12.1 Å². The van der Waals surface area contributed by atoms with Crippen LogP contribution in [-0.4, -0.2) is 26.8 Å². The van der Waals surface area contributed by atoms with Crippen LogP contribution in [0.5, 0.6) is 11.5 Å². The van der Waals surface area contributed by atoms with E-state index in [2.05, 4.69) is 10.1 Å². The lowest BCUT2D eigenvalue weighted by molar-refractivity contribution is 0.416. The maximum absolute atomic E-state index is 9.56. The maximum atomic E-state index is 9.56. The lowest BCUT2D eigenvalue weighted by atomic mass is 10.1. The van der Waals surface area contributed by atoms with Gasteiger partial charge in [0.25, 0.3) is 0 Å². The van der Waals surface area contributed by atoms with E-state index in [9.17, 15) is 5.11 Å². The van der Waals surface area contributed by atoms with E-state index in [0.717, 1.165) is 11.3 Å². The van der Waals surface area contributed by atoms with Crippen molar-refractivity contribution in [3.8, 4) is 22.8 Å². The van der Waals surface area contributed by atoms with Crippen LogP contribution in [0.3, 0.4) is 0 Å². The number of rotatable bonds is 2. The lowest BCUT2D eigenvalue weighted by Gasteiger charge is -2.07. The minimum atomic E-state index is 0.172. The molecule has 0 unspecified atom stereocenters. The summed E-state index contributed by atoms with van der Waals surface area (Å²) in [6, 6.07) is 10.5. The largest absolute Gasteiger partial charge is 0.508 e. The number of aromatic hydroxyl groups is 1. The fourth-order valence-corrected chi connectivity index (χ4v) is 2.00. The molecule has 0 saturated carbocycles. The van der Waals surface area contributed by atoms with Crippen LogP contribution >= 0.6 is 0 Å². The molecular formula is C13H12N4O2. The first kappa shape index (κ1) is 11.3. The molecule has 1 aromatic carbocycles. The van der Waals surface area contributed by atoms with Crippen LogP contribution in [0.4, 0.5) is 5.95 Å². The molecule has 0 bridgehead atoms. The summed E-state index contributed by atoms with van der Waals surface area (Å²) >= 11 is 0. The third-order valence-electron chi connectivity index (χ3n) is 2.83. The summed E-state index contributed by atoms with van der Waals surface area (Å²) in [5.74, 6) is 0.952. The zero-order valence-electron chi connectivity index (χ0n) is 10.2. The molecule has 0 amide bonds. The molecule has 0 aliphatic heterocycles. The number of anilines is 1. The van der Waals surface area contributed by atoms with Crippen molar-refractivity contribution >= 4 is 11.6 Å². The fourth-order valence-electron chi connectivity index (χ4n) is 2.00. The van der Waals surface area contributed by atoms with Crippen LogP contribution in [0, 0.1) is 0 Å². The van der Waals surface area contributed by atoms with Crippen LogP contribution in [0.2, 0.25) is 0 Å². The normalized spacial score (nSPS) is 10.8. The molecule has 6 nitrogen and oxygen atoms in total. The highest BCUT2D eigenvalue weighted by atomic mass is 16.5. The van der Waals surface area contributed by atoms with Gasteiger partial charge in [-0.3, -0.25) is 0 Å². The van der Waals surface area contributed by atoms with Gasteiger partial charge in [-0.15, -0.1) is 5.10 Å². The first-order valence-corrected chi connectivity index (χ1v) is 5.67. The van der Waals surface area contributed by atoms with E-state index in [4.69, 9.17) is 10.5 Å². The number of benzene rings is 1. The number of pyridine rings is 1. The van der Waals surface area contributed by atoms with E-state index in [1.54, 1.807) is 35.9 Å². The number of phenolic OH excluding ortho intramolecular Hbond substituents is 1. The zero-order chi connectivity index (χ0) is 13.4. The van der Waals surface area contributed by atoms with Crippen LogP contribution in [0.1, 0.15) is 0 Å². The van der Waals surface area contributed by atoms with Gasteiger partial charge in [-0.05, 0) is 24.3 Å². The standard InChI is InChI=1S/C13H12N4O2/c1-19-11-6-5-10(8-3-2-4-9(18)7-8)17-12(11)15-13(14)16-17/h2-7,18H,1H3,(H2,14,16). The number of nitrogen functional groups attached to an aromatic ring is 1. The Morgan fingerprint density at radius 3 is 2.84 bits per heavy atom. The van der Waals surface area contributed by atoms with Crippen LogP contribution in [0.15, 0.2) is 36.4 Å². The van der Waals surface area contributed by atoms with Crippen molar-refractivity contribution in [2.75, 3.05) is 12.8 Å². The molecule has 6 heteroatoms. The Morgan fingerprint density at radius 1 is 1.26 bits per heavy atom. The smallest absolute Gasteiger partial charge is 0.240 e. The molecule has 96 valence electrons. The van der Waals surface area contributed by atoms with Gasteiger partial charge in [0.05, 0.1) is 12.8 Å². The van der Waals surface area contributed by atoms with Gasteiger partial charge in [0.1, 0.15) is 5.75 Å². The van der Waals surface area contributed by atoms with Crippen molar-refractivity contribution in [2.45, 2.75) is 0 Å². The average Bonchev–Trinajstić information content (AvgIpc) is 2.78. The number of hydrogen-bond acceptors (Lipinski definition) is 5. The highest BCUT2D eigenvalue weighted by Gasteiger charge is 2.12. The minimum Gasteiger partial charge on any atom is -0.508 e. The third kappa shape index (κ3) is 1.83. The van der Waals surface area contributed by atoms with Gasteiger partial charge in [0.2, 0.25) is 5.95 Å². The number of hydrogen-bond donors (Lipinski definition) is 2. The van der Waals surface area contributed by atoms with E-state index in [-0.39, 0.29) is 11.7 Å². The molecule has 0 radical (unpaired) electrons. The van der Waals surface area contributed by atoms with Gasteiger partial charge in [0, 0.05) is 5.56 Å². The molecule has 0 spiro atoms. The van der Waals surface area contributed by atoms with Crippen molar-refractivity contribution in [2.24, 2.45) is 0 Å². The van der Waals surface area contributed by atoms with Crippen LogP contribution < -0.4 is 10.5 Å². The van der Waals surface area contributed by atoms with Crippen molar-refractivity contribution in [3.05, 3.63) is 36.4 Å². The molecule has 0 atom stereocenters. The summed E-state index contributed by atoms with van der Waals surface area (Å²) in [6.45, 7) is 0. The Bertz CT molecular complexity index is 751. The number of nitrogens with zero attached hydrogens (tertiary/aromatic N) is 3. The molecule has 19 heavy (non-hydrogen) atoms. The van der Waals surface area contributed by atoms with Gasteiger partial charge in [0.15, 0.2) is 11.4 Å². The fraction of sp³-hybridized carbons (Fsp3) is 0.0769. The molecule has 3 N–H and O–H groups in total.